The largest absolute Gasteiger partial charge is 0.482 e. The van der Waals surface area contributed by atoms with E-state index in [2.05, 4.69) is 11.9 Å². The first-order valence-corrected chi connectivity index (χ1v) is 6.17. The van der Waals surface area contributed by atoms with E-state index in [-0.39, 0.29) is 23.6 Å². The fraction of sp³-hybridized carbons (Fsp3) is 0.429. The van der Waals surface area contributed by atoms with Crippen LogP contribution in [0.15, 0.2) is 30.4 Å². The molecule has 5 nitrogen and oxygen atoms in total. The first kappa shape index (κ1) is 16.1. The minimum Gasteiger partial charge on any atom is -0.482 e. The molecule has 1 aromatic rings. The maximum atomic E-state index is 13.1. The Kier molecular flexibility index (Phi) is 5.21. The number of halogens is 1. The van der Waals surface area contributed by atoms with Crippen LogP contribution in [0.4, 0.5) is 10.1 Å². The number of nitro benzene ring substituents is 1. The predicted molar refractivity (Wildman–Crippen MR) is 75.4 cm³/mol. The van der Waals surface area contributed by atoms with Gasteiger partial charge in [-0.15, -0.1) is 0 Å². The molecule has 110 valence electrons. The molecule has 0 aromatic heterocycles. The maximum Gasteiger partial charge on any atom is 0.311 e. The number of nitrogens with zero attached hydrogens (tertiary/aromatic N) is 1. The van der Waals surface area contributed by atoms with Crippen LogP contribution in [0, 0.1) is 15.9 Å². The molecule has 1 N–H and O–H groups in total. The van der Waals surface area contributed by atoms with E-state index in [9.17, 15) is 14.5 Å². The van der Waals surface area contributed by atoms with Crippen LogP contribution >= 0.6 is 0 Å². The van der Waals surface area contributed by atoms with Gasteiger partial charge in [0.2, 0.25) is 0 Å². The van der Waals surface area contributed by atoms with Crippen molar-refractivity contribution < 1.29 is 14.1 Å². The topological polar surface area (TPSA) is 64.4 Å². The Morgan fingerprint density at radius 3 is 2.70 bits per heavy atom. The fourth-order valence-electron chi connectivity index (χ4n) is 1.38. The molecule has 0 aliphatic carbocycles. The highest BCUT2D eigenvalue weighted by molar-refractivity contribution is 5.46. The van der Waals surface area contributed by atoms with E-state index in [1.54, 1.807) is 0 Å². The summed E-state index contributed by atoms with van der Waals surface area (Å²) in [5.41, 5.74) is 0.398. The Balaban J connectivity index is 2.63. The summed E-state index contributed by atoms with van der Waals surface area (Å²) >= 11 is 0. The van der Waals surface area contributed by atoms with Crippen molar-refractivity contribution in [1.82, 2.24) is 5.32 Å². The van der Waals surface area contributed by atoms with Gasteiger partial charge in [-0.25, -0.2) is 4.39 Å². The van der Waals surface area contributed by atoms with Crippen molar-refractivity contribution in [2.45, 2.75) is 26.3 Å². The van der Waals surface area contributed by atoms with Crippen LogP contribution < -0.4 is 10.1 Å². The highest BCUT2D eigenvalue weighted by atomic mass is 19.1. The maximum absolute atomic E-state index is 13.1. The van der Waals surface area contributed by atoms with Gasteiger partial charge in [-0.1, -0.05) is 6.58 Å². The summed E-state index contributed by atoms with van der Waals surface area (Å²) < 4.78 is 18.4. The first-order valence-electron chi connectivity index (χ1n) is 6.17. The van der Waals surface area contributed by atoms with Gasteiger partial charge < -0.3 is 10.1 Å². The third kappa shape index (κ3) is 5.36. The van der Waals surface area contributed by atoms with Gasteiger partial charge in [0.15, 0.2) is 5.75 Å². The quantitative estimate of drug-likeness (QED) is 0.495. The van der Waals surface area contributed by atoms with E-state index in [0.29, 0.717) is 6.54 Å². The molecule has 0 spiro atoms. The Morgan fingerprint density at radius 1 is 1.50 bits per heavy atom. The Bertz CT molecular complexity index is 510. The van der Waals surface area contributed by atoms with Gasteiger partial charge in [0, 0.05) is 24.2 Å². The summed E-state index contributed by atoms with van der Waals surface area (Å²) in [6.45, 7) is 10.5. The lowest BCUT2D eigenvalue weighted by Gasteiger charge is -2.21. The number of hydrogen-bond donors (Lipinski definition) is 1. The average molecular weight is 282 g/mol. The van der Waals surface area contributed by atoms with Crippen LogP contribution in [-0.2, 0) is 0 Å². The van der Waals surface area contributed by atoms with Gasteiger partial charge >= 0.3 is 5.69 Å². The van der Waals surface area contributed by atoms with Crippen LogP contribution in [0.2, 0.25) is 0 Å². The summed E-state index contributed by atoms with van der Waals surface area (Å²) in [5.74, 6) is -0.670. The zero-order valence-electron chi connectivity index (χ0n) is 11.9. The van der Waals surface area contributed by atoms with Crippen molar-refractivity contribution in [2.24, 2.45) is 0 Å². The highest BCUT2D eigenvalue weighted by Crippen LogP contribution is 2.27. The molecule has 1 rings (SSSR count). The second-order valence-corrected chi connectivity index (χ2v) is 5.51. The normalized spacial score (nSPS) is 11.2. The molecule has 20 heavy (non-hydrogen) atoms. The number of ether oxygens (including phenoxy) is 1. The standard InChI is InChI=1S/C14H19FN2O3/c1-10(8-16-14(2,3)4)9-20-13-7-11(15)5-6-12(13)17(18)19/h5-7,16H,1,8-9H2,2-4H3. The molecule has 0 unspecified atom stereocenters. The Labute approximate surface area is 117 Å². The van der Waals surface area contributed by atoms with Gasteiger partial charge in [0.05, 0.1) is 4.92 Å². The van der Waals surface area contributed by atoms with Crippen LogP contribution in [0.5, 0.6) is 5.75 Å². The zero-order valence-corrected chi connectivity index (χ0v) is 11.9. The molecule has 0 saturated carbocycles. The minimum absolute atomic E-state index is 0.0617. The monoisotopic (exact) mass is 282 g/mol. The second-order valence-electron chi connectivity index (χ2n) is 5.51. The molecule has 0 bridgehead atoms. The van der Waals surface area contributed by atoms with Crippen LogP contribution in [0.25, 0.3) is 0 Å². The fourth-order valence-corrected chi connectivity index (χ4v) is 1.38. The average Bonchev–Trinajstić information content (AvgIpc) is 2.32. The zero-order chi connectivity index (χ0) is 15.3. The number of nitro groups is 1. The Morgan fingerprint density at radius 2 is 2.15 bits per heavy atom. The molecule has 0 heterocycles. The second kappa shape index (κ2) is 6.47. The molecule has 0 amide bonds. The van der Waals surface area contributed by atoms with E-state index in [4.69, 9.17) is 4.74 Å². The predicted octanol–water partition coefficient (Wildman–Crippen LogP) is 3.06. The molecule has 1 aromatic carbocycles. The third-order valence-electron chi connectivity index (χ3n) is 2.42. The Hall–Kier alpha value is -1.95. The molecule has 0 aliphatic heterocycles. The molecular formula is C14H19FN2O3. The molecular weight excluding hydrogens is 263 g/mol. The van der Waals surface area contributed by atoms with Gasteiger partial charge in [0.1, 0.15) is 12.4 Å². The van der Waals surface area contributed by atoms with Gasteiger partial charge in [0.25, 0.3) is 0 Å². The number of rotatable bonds is 6. The van der Waals surface area contributed by atoms with Crippen molar-refractivity contribution >= 4 is 5.69 Å². The molecule has 0 atom stereocenters. The van der Waals surface area contributed by atoms with Gasteiger partial charge in [-0.05, 0) is 32.4 Å². The van der Waals surface area contributed by atoms with Crippen molar-refractivity contribution in [3.8, 4) is 5.75 Å². The first-order chi connectivity index (χ1) is 9.19. The van der Waals surface area contributed by atoms with E-state index < -0.39 is 10.7 Å². The van der Waals surface area contributed by atoms with Gasteiger partial charge in [-0.2, -0.15) is 0 Å². The van der Waals surface area contributed by atoms with E-state index >= 15 is 0 Å². The lowest BCUT2D eigenvalue weighted by molar-refractivity contribution is -0.385. The summed E-state index contributed by atoms with van der Waals surface area (Å²) in [5, 5.41) is 14.0. The summed E-state index contributed by atoms with van der Waals surface area (Å²) in [6, 6.07) is 3.12. The lowest BCUT2D eigenvalue weighted by atomic mass is 10.1. The van der Waals surface area contributed by atoms with Crippen molar-refractivity contribution in [3.63, 3.8) is 0 Å². The highest BCUT2D eigenvalue weighted by Gasteiger charge is 2.16. The smallest absolute Gasteiger partial charge is 0.311 e. The number of nitrogens with one attached hydrogen (secondary N) is 1. The number of hydrogen-bond acceptors (Lipinski definition) is 4. The van der Waals surface area contributed by atoms with E-state index in [1.165, 1.54) is 0 Å². The molecule has 0 aliphatic rings. The van der Waals surface area contributed by atoms with Crippen LogP contribution in [-0.4, -0.2) is 23.6 Å². The summed E-state index contributed by atoms with van der Waals surface area (Å²) in [4.78, 5) is 10.2. The van der Waals surface area contributed by atoms with Crippen molar-refractivity contribution in [3.05, 3.63) is 46.3 Å². The molecule has 6 heteroatoms. The van der Waals surface area contributed by atoms with Crippen LogP contribution in [0.1, 0.15) is 20.8 Å². The van der Waals surface area contributed by atoms with E-state index in [0.717, 1.165) is 23.8 Å². The SMILES string of the molecule is C=C(CNC(C)(C)C)COc1cc(F)ccc1[N+](=O)[O-]. The molecule has 0 saturated heterocycles. The molecule has 0 radical (unpaired) electrons. The third-order valence-corrected chi connectivity index (χ3v) is 2.42. The van der Waals surface area contributed by atoms with E-state index in [1.807, 2.05) is 20.8 Å². The van der Waals surface area contributed by atoms with Crippen LogP contribution in [0.3, 0.4) is 0 Å². The van der Waals surface area contributed by atoms with Crippen molar-refractivity contribution in [1.29, 1.82) is 0 Å². The number of benzene rings is 1. The lowest BCUT2D eigenvalue weighted by Crippen LogP contribution is -2.37. The summed E-state index contributed by atoms with van der Waals surface area (Å²) in [7, 11) is 0. The minimum atomic E-state index is -0.606. The molecule has 0 fully saturated rings. The van der Waals surface area contributed by atoms with Gasteiger partial charge in [-0.3, -0.25) is 10.1 Å². The van der Waals surface area contributed by atoms with Crippen molar-refractivity contribution in [2.75, 3.05) is 13.2 Å². The summed E-state index contributed by atoms with van der Waals surface area (Å²) in [6.07, 6.45) is 0.